The van der Waals surface area contributed by atoms with Crippen LogP contribution in [0.3, 0.4) is 0 Å². The van der Waals surface area contributed by atoms with E-state index in [0.29, 0.717) is 31.1 Å². The van der Waals surface area contributed by atoms with Crippen LogP contribution in [0, 0.1) is 0 Å². The summed E-state index contributed by atoms with van der Waals surface area (Å²) in [6.07, 6.45) is 4.93. The predicted molar refractivity (Wildman–Crippen MR) is 98.0 cm³/mol. The quantitative estimate of drug-likeness (QED) is 0.896. The molecule has 6 heteroatoms. The third-order valence-electron chi connectivity index (χ3n) is 5.57. The van der Waals surface area contributed by atoms with Gasteiger partial charge in [-0.1, -0.05) is 6.92 Å². The summed E-state index contributed by atoms with van der Waals surface area (Å²) in [6.45, 7) is 3.16. The Morgan fingerprint density at radius 1 is 1.15 bits per heavy atom. The van der Waals surface area contributed by atoms with Crippen LogP contribution in [-0.2, 0) is 16.0 Å². The topological polar surface area (TPSA) is 69.7 Å². The normalized spacial score (nSPS) is 21.7. The van der Waals surface area contributed by atoms with Gasteiger partial charge in [-0.15, -0.1) is 0 Å². The molecule has 0 spiro atoms. The third-order valence-corrected chi connectivity index (χ3v) is 5.57. The zero-order valence-electron chi connectivity index (χ0n) is 15.2. The Labute approximate surface area is 153 Å². The first-order valence-corrected chi connectivity index (χ1v) is 9.63. The Kier molecular flexibility index (Phi) is 4.42. The zero-order chi connectivity index (χ0) is 18.3. The monoisotopic (exact) mass is 355 g/mol. The van der Waals surface area contributed by atoms with Crippen LogP contribution >= 0.6 is 0 Å². The number of anilines is 1. The molecular weight excluding hydrogens is 330 g/mol. The summed E-state index contributed by atoms with van der Waals surface area (Å²) in [5.41, 5.74) is 2.56. The van der Waals surface area contributed by atoms with Gasteiger partial charge in [0.15, 0.2) is 0 Å². The fourth-order valence-corrected chi connectivity index (χ4v) is 3.96. The molecule has 138 valence electrons. The summed E-state index contributed by atoms with van der Waals surface area (Å²) in [7, 11) is 0. The van der Waals surface area contributed by atoms with E-state index in [-0.39, 0.29) is 23.8 Å². The molecule has 4 rings (SSSR count). The Morgan fingerprint density at radius 3 is 2.69 bits per heavy atom. The van der Waals surface area contributed by atoms with Crippen LogP contribution in [0.4, 0.5) is 5.69 Å². The van der Waals surface area contributed by atoms with E-state index in [1.165, 1.54) is 0 Å². The van der Waals surface area contributed by atoms with Crippen molar-refractivity contribution in [3.05, 3.63) is 29.3 Å². The first kappa shape index (κ1) is 17.1. The fourth-order valence-electron chi connectivity index (χ4n) is 3.96. The van der Waals surface area contributed by atoms with E-state index in [2.05, 4.69) is 5.32 Å². The van der Waals surface area contributed by atoms with Gasteiger partial charge in [0.1, 0.15) is 6.04 Å². The van der Waals surface area contributed by atoms with Gasteiger partial charge in [-0.2, -0.15) is 0 Å². The van der Waals surface area contributed by atoms with Crippen molar-refractivity contribution in [2.45, 2.75) is 57.5 Å². The van der Waals surface area contributed by atoms with Crippen molar-refractivity contribution in [2.24, 2.45) is 0 Å². The molecule has 0 aromatic heterocycles. The molecule has 26 heavy (non-hydrogen) atoms. The molecule has 0 bridgehead atoms. The highest BCUT2D eigenvalue weighted by Crippen LogP contribution is 2.31. The standard InChI is InChI=1S/C20H25N3O3/c1-2-18(24)22-11-9-13-12-14(5-8-16(13)22)20(26)23-10-3-4-17(23)19(25)21-15-6-7-15/h5,8,12,15,17H,2-4,6-7,9-11H2,1H3,(H,21,25). The molecule has 2 fully saturated rings. The van der Waals surface area contributed by atoms with Crippen molar-refractivity contribution in [2.75, 3.05) is 18.0 Å². The second kappa shape index (κ2) is 6.74. The molecule has 1 saturated carbocycles. The molecule has 2 aliphatic heterocycles. The van der Waals surface area contributed by atoms with Gasteiger partial charge in [0.05, 0.1) is 0 Å². The van der Waals surface area contributed by atoms with Crippen molar-refractivity contribution < 1.29 is 14.4 Å². The van der Waals surface area contributed by atoms with Gasteiger partial charge in [-0.05, 0) is 55.9 Å². The fraction of sp³-hybridized carbons (Fsp3) is 0.550. The molecule has 2 heterocycles. The molecule has 6 nitrogen and oxygen atoms in total. The summed E-state index contributed by atoms with van der Waals surface area (Å²) in [6, 6.07) is 5.51. The first-order valence-electron chi connectivity index (χ1n) is 9.63. The van der Waals surface area contributed by atoms with Gasteiger partial charge >= 0.3 is 0 Å². The van der Waals surface area contributed by atoms with Crippen molar-refractivity contribution in [1.29, 1.82) is 0 Å². The summed E-state index contributed by atoms with van der Waals surface area (Å²) in [5, 5.41) is 3.02. The maximum absolute atomic E-state index is 13.0. The Bertz CT molecular complexity index is 757. The van der Waals surface area contributed by atoms with Crippen LogP contribution in [0.15, 0.2) is 18.2 Å². The highest BCUT2D eigenvalue weighted by atomic mass is 16.2. The highest BCUT2D eigenvalue weighted by Gasteiger charge is 2.37. The number of rotatable bonds is 4. The van der Waals surface area contributed by atoms with E-state index in [1.807, 2.05) is 19.1 Å². The Hall–Kier alpha value is -2.37. The number of likely N-dealkylation sites (tertiary alicyclic amines) is 1. The van der Waals surface area contributed by atoms with Gasteiger partial charge < -0.3 is 15.1 Å². The van der Waals surface area contributed by atoms with Crippen LogP contribution in [0.25, 0.3) is 0 Å². The molecule has 1 aliphatic carbocycles. The third kappa shape index (κ3) is 3.08. The summed E-state index contributed by atoms with van der Waals surface area (Å²) in [4.78, 5) is 41.0. The smallest absolute Gasteiger partial charge is 0.254 e. The Balaban J connectivity index is 1.51. The van der Waals surface area contributed by atoms with E-state index in [9.17, 15) is 14.4 Å². The zero-order valence-corrected chi connectivity index (χ0v) is 15.2. The van der Waals surface area contributed by atoms with Gasteiger partial charge in [0.2, 0.25) is 11.8 Å². The maximum atomic E-state index is 13.0. The van der Waals surface area contributed by atoms with Gasteiger partial charge in [-0.3, -0.25) is 14.4 Å². The minimum atomic E-state index is -0.352. The number of hydrogen-bond acceptors (Lipinski definition) is 3. The molecule has 1 aromatic rings. The first-order chi connectivity index (χ1) is 12.6. The number of fused-ring (bicyclic) bond motifs is 1. The average molecular weight is 355 g/mol. The van der Waals surface area contributed by atoms with E-state index in [1.54, 1.807) is 15.9 Å². The van der Waals surface area contributed by atoms with Gasteiger partial charge in [0, 0.05) is 36.8 Å². The molecular formula is C20H25N3O3. The van der Waals surface area contributed by atoms with E-state index in [4.69, 9.17) is 0 Å². The number of nitrogens with zero attached hydrogens (tertiary/aromatic N) is 2. The minimum Gasteiger partial charge on any atom is -0.352 e. The van der Waals surface area contributed by atoms with Gasteiger partial charge in [0.25, 0.3) is 5.91 Å². The van der Waals surface area contributed by atoms with Crippen molar-refractivity contribution in [1.82, 2.24) is 10.2 Å². The summed E-state index contributed by atoms with van der Waals surface area (Å²) in [5.74, 6) is 0.0138. The number of nitrogens with one attached hydrogen (secondary N) is 1. The van der Waals surface area contributed by atoms with E-state index in [0.717, 1.165) is 43.4 Å². The lowest BCUT2D eigenvalue weighted by Crippen LogP contribution is -2.46. The average Bonchev–Trinajstić information content (AvgIpc) is 3.17. The van der Waals surface area contributed by atoms with Crippen LogP contribution in [0.2, 0.25) is 0 Å². The molecule has 0 radical (unpaired) electrons. The number of amides is 3. The number of benzene rings is 1. The van der Waals surface area contributed by atoms with Crippen LogP contribution in [0.5, 0.6) is 0 Å². The molecule has 3 aliphatic rings. The molecule has 1 saturated heterocycles. The molecule has 1 N–H and O–H groups in total. The molecule has 1 atom stereocenters. The lowest BCUT2D eigenvalue weighted by Gasteiger charge is -2.24. The second-order valence-corrected chi connectivity index (χ2v) is 7.43. The van der Waals surface area contributed by atoms with E-state index >= 15 is 0 Å². The lowest BCUT2D eigenvalue weighted by molar-refractivity contribution is -0.125. The van der Waals surface area contributed by atoms with Crippen molar-refractivity contribution in [3.8, 4) is 0 Å². The molecule has 1 aromatic carbocycles. The number of carbonyl (C=O) groups is 3. The minimum absolute atomic E-state index is 0.0146. The number of carbonyl (C=O) groups excluding carboxylic acids is 3. The summed E-state index contributed by atoms with van der Waals surface area (Å²) < 4.78 is 0. The second-order valence-electron chi connectivity index (χ2n) is 7.43. The molecule has 3 amide bonds. The van der Waals surface area contributed by atoms with Crippen molar-refractivity contribution in [3.63, 3.8) is 0 Å². The Morgan fingerprint density at radius 2 is 1.96 bits per heavy atom. The number of hydrogen-bond donors (Lipinski definition) is 1. The van der Waals surface area contributed by atoms with Crippen molar-refractivity contribution >= 4 is 23.4 Å². The van der Waals surface area contributed by atoms with Crippen LogP contribution in [0.1, 0.15) is 54.9 Å². The summed E-state index contributed by atoms with van der Waals surface area (Å²) >= 11 is 0. The lowest BCUT2D eigenvalue weighted by atomic mass is 10.1. The van der Waals surface area contributed by atoms with E-state index < -0.39 is 0 Å². The highest BCUT2D eigenvalue weighted by molar-refractivity contribution is 6.00. The van der Waals surface area contributed by atoms with Gasteiger partial charge in [-0.25, -0.2) is 0 Å². The largest absolute Gasteiger partial charge is 0.352 e. The predicted octanol–water partition coefficient (Wildman–Crippen LogP) is 1.87. The maximum Gasteiger partial charge on any atom is 0.254 e. The SMILES string of the molecule is CCC(=O)N1CCc2cc(C(=O)N3CCCC3C(=O)NC3CC3)ccc21. The van der Waals surface area contributed by atoms with Crippen LogP contribution in [-0.4, -0.2) is 47.8 Å². The molecule has 1 unspecified atom stereocenters. The van der Waals surface area contributed by atoms with Crippen LogP contribution < -0.4 is 10.2 Å².